The van der Waals surface area contributed by atoms with E-state index in [4.69, 9.17) is 4.74 Å². The molecule has 0 spiro atoms. The Morgan fingerprint density at radius 1 is 0.677 bits per heavy atom. The molecule has 0 radical (unpaired) electrons. The predicted molar refractivity (Wildman–Crippen MR) is 109 cm³/mol. The zero-order valence-corrected chi connectivity index (χ0v) is 17.0. The van der Waals surface area contributed by atoms with E-state index in [-0.39, 0.29) is 35.5 Å². The van der Waals surface area contributed by atoms with Gasteiger partial charge in [0.15, 0.2) is 0 Å². The molecule has 2 N–H and O–H groups in total. The summed E-state index contributed by atoms with van der Waals surface area (Å²) in [6, 6.07) is 0. The molecule has 2 fully saturated rings. The van der Waals surface area contributed by atoms with Crippen LogP contribution in [0.4, 0.5) is 0 Å². The number of hydrogen-bond donors (Lipinski definition) is 2. The number of rotatable bonds is 8. The second-order valence-electron chi connectivity index (χ2n) is 8.98. The Balaban J connectivity index is 1.55. The van der Waals surface area contributed by atoms with Crippen molar-refractivity contribution in [1.82, 2.24) is 0 Å². The predicted octanol–water partition coefficient (Wildman–Crippen LogP) is 2.71. The third-order valence-electron chi connectivity index (χ3n) is 7.71. The van der Waals surface area contributed by atoms with Crippen LogP contribution in [0.2, 0.25) is 0 Å². The first-order valence-corrected chi connectivity index (χ1v) is 10.6. The van der Waals surface area contributed by atoms with E-state index >= 15 is 0 Å². The Hall–Kier alpha value is -2.96. The van der Waals surface area contributed by atoms with Crippen LogP contribution in [0.1, 0.15) is 12.8 Å². The highest BCUT2D eigenvalue weighted by Gasteiger charge is 2.60. The molecule has 10 unspecified atom stereocenters. The number of esters is 2. The average Bonchev–Trinajstić information content (AvgIpc) is 3.45. The van der Waals surface area contributed by atoms with Crippen molar-refractivity contribution in [3.63, 3.8) is 0 Å². The van der Waals surface area contributed by atoms with Crippen LogP contribution in [0.3, 0.4) is 0 Å². The molecule has 0 aromatic carbocycles. The maximum atomic E-state index is 13.0. The zero-order valence-electron chi connectivity index (χ0n) is 17.0. The second-order valence-corrected chi connectivity index (χ2v) is 8.98. The van der Waals surface area contributed by atoms with Gasteiger partial charge in [-0.15, -0.1) is 13.2 Å². The summed E-state index contributed by atoms with van der Waals surface area (Å²) >= 11 is 0. The van der Waals surface area contributed by atoms with Gasteiger partial charge in [-0.1, -0.05) is 36.5 Å². The van der Waals surface area contributed by atoms with Crippen molar-refractivity contribution in [3.8, 4) is 0 Å². The Bertz CT molecular complexity index is 828. The van der Waals surface area contributed by atoms with Gasteiger partial charge in [-0.3, -0.25) is 19.2 Å². The molecule has 2 saturated carbocycles. The summed E-state index contributed by atoms with van der Waals surface area (Å²) in [5.74, 6) is -9.28. The second kappa shape index (κ2) is 7.94. The minimum atomic E-state index is -1.10. The van der Waals surface area contributed by atoms with E-state index in [1.165, 1.54) is 0 Å². The van der Waals surface area contributed by atoms with Crippen LogP contribution >= 0.6 is 0 Å². The number of aliphatic carboxylic acids is 2. The van der Waals surface area contributed by atoms with Gasteiger partial charge >= 0.3 is 23.9 Å². The van der Waals surface area contributed by atoms with Gasteiger partial charge in [0.05, 0.1) is 23.7 Å². The van der Waals surface area contributed by atoms with E-state index < -0.39 is 47.5 Å². The molecule has 0 aromatic heterocycles. The third-order valence-corrected chi connectivity index (χ3v) is 7.71. The highest BCUT2D eigenvalue weighted by Crippen LogP contribution is 2.56. The van der Waals surface area contributed by atoms with Gasteiger partial charge in [0.1, 0.15) is 0 Å². The number of carboxylic acid groups (broad SMARTS) is 2. The van der Waals surface area contributed by atoms with Crippen molar-refractivity contribution in [3.05, 3.63) is 49.6 Å². The van der Waals surface area contributed by atoms with Gasteiger partial charge in [-0.25, -0.2) is 0 Å². The van der Waals surface area contributed by atoms with E-state index in [0.717, 1.165) is 0 Å². The summed E-state index contributed by atoms with van der Waals surface area (Å²) in [6.07, 6.45) is 11.8. The van der Waals surface area contributed by atoms with E-state index in [1.54, 1.807) is 12.2 Å². The van der Waals surface area contributed by atoms with Crippen molar-refractivity contribution in [2.24, 2.45) is 59.2 Å². The van der Waals surface area contributed by atoms with Crippen molar-refractivity contribution >= 4 is 23.9 Å². The maximum Gasteiger partial charge on any atom is 0.318 e. The molecular weight excluding hydrogens is 400 g/mol. The molecule has 10 atom stereocenters. The first-order chi connectivity index (χ1) is 14.8. The monoisotopic (exact) mass is 426 g/mol. The van der Waals surface area contributed by atoms with Crippen LogP contribution in [0.25, 0.3) is 0 Å². The molecule has 4 bridgehead atoms. The minimum Gasteiger partial charge on any atom is -0.481 e. The molecule has 0 amide bonds. The summed E-state index contributed by atoms with van der Waals surface area (Å²) in [4.78, 5) is 49.8. The summed E-state index contributed by atoms with van der Waals surface area (Å²) in [5.41, 5.74) is 0. The fourth-order valence-electron chi connectivity index (χ4n) is 6.59. The molecule has 4 aliphatic carbocycles. The molecule has 7 nitrogen and oxygen atoms in total. The molecule has 164 valence electrons. The van der Waals surface area contributed by atoms with Gasteiger partial charge in [0.25, 0.3) is 0 Å². The molecule has 0 aliphatic heterocycles. The lowest BCUT2D eigenvalue weighted by atomic mass is 9.82. The number of carbonyl (C=O) groups is 4. The maximum absolute atomic E-state index is 13.0. The van der Waals surface area contributed by atoms with Gasteiger partial charge in [-0.05, 0) is 48.3 Å². The smallest absolute Gasteiger partial charge is 0.318 e. The summed E-state index contributed by atoms with van der Waals surface area (Å²) < 4.78 is 5.21. The van der Waals surface area contributed by atoms with E-state index in [1.807, 2.05) is 24.3 Å². The highest BCUT2D eigenvalue weighted by molar-refractivity contribution is 5.93. The number of carbonyl (C=O) groups excluding carboxylic acids is 2. The van der Waals surface area contributed by atoms with Crippen LogP contribution < -0.4 is 0 Å². The average molecular weight is 426 g/mol. The van der Waals surface area contributed by atoms with E-state index in [9.17, 15) is 29.4 Å². The fourth-order valence-corrected chi connectivity index (χ4v) is 6.59. The quantitative estimate of drug-likeness (QED) is 0.348. The van der Waals surface area contributed by atoms with Crippen LogP contribution in [-0.4, -0.2) is 34.1 Å². The van der Waals surface area contributed by atoms with Crippen molar-refractivity contribution in [2.75, 3.05) is 0 Å². The topological polar surface area (TPSA) is 118 Å². The molecule has 31 heavy (non-hydrogen) atoms. The Kier molecular flexibility index (Phi) is 5.45. The summed E-state index contributed by atoms with van der Waals surface area (Å²) in [5, 5.41) is 19.5. The lowest BCUT2D eigenvalue weighted by Crippen LogP contribution is -2.39. The largest absolute Gasteiger partial charge is 0.481 e. The Morgan fingerprint density at radius 2 is 1.00 bits per heavy atom. The highest BCUT2D eigenvalue weighted by atomic mass is 16.6. The molecular formula is C24H26O7. The van der Waals surface area contributed by atoms with Crippen molar-refractivity contribution in [1.29, 1.82) is 0 Å². The number of allylic oxidation sites excluding steroid dienone is 6. The first kappa shape index (κ1) is 21.3. The third kappa shape index (κ3) is 3.18. The molecule has 4 rings (SSSR count). The summed E-state index contributed by atoms with van der Waals surface area (Å²) in [6.45, 7) is 7.43. The molecule has 4 aliphatic rings. The van der Waals surface area contributed by atoms with E-state index in [0.29, 0.717) is 12.8 Å². The van der Waals surface area contributed by atoms with Gasteiger partial charge < -0.3 is 14.9 Å². The minimum absolute atomic E-state index is 0.0691. The summed E-state index contributed by atoms with van der Waals surface area (Å²) in [7, 11) is 0. The number of carboxylic acids is 2. The lowest BCUT2D eigenvalue weighted by molar-refractivity contribution is -0.173. The van der Waals surface area contributed by atoms with Crippen molar-refractivity contribution in [2.45, 2.75) is 12.8 Å². The molecule has 0 saturated heterocycles. The lowest BCUT2D eigenvalue weighted by Gasteiger charge is -2.25. The van der Waals surface area contributed by atoms with Gasteiger partial charge in [0.2, 0.25) is 0 Å². The molecule has 7 heteroatoms. The molecule has 0 aromatic rings. The normalized spacial score (nSPS) is 41.3. The number of ether oxygens (including phenoxy) is 1. The van der Waals surface area contributed by atoms with Gasteiger partial charge in [-0.2, -0.15) is 0 Å². The fraction of sp³-hybridized carbons (Fsp3) is 0.500. The number of fused-ring (bicyclic) bond motifs is 4. The first-order valence-electron chi connectivity index (χ1n) is 10.6. The SMILES string of the molecule is C=CCC1C2C=CC1C(C(=O)OC(=O)C1C3C=CC(C3CC=C)C1C(=O)O)C2C(=O)O. The Morgan fingerprint density at radius 3 is 1.29 bits per heavy atom. The van der Waals surface area contributed by atoms with Crippen LogP contribution in [-0.2, 0) is 23.9 Å². The van der Waals surface area contributed by atoms with Gasteiger partial charge in [0, 0.05) is 0 Å². The number of hydrogen-bond acceptors (Lipinski definition) is 5. The van der Waals surface area contributed by atoms with E-state index in [2.05, 4.69) is 13.2 Å². The molecule has 0 heterocycles. The van der Waals surface area contributed by atoms with Crippen LogP contribution in [0.5, 0.6) is 0 Å². The van der Waals surface area contributed by atoms with Crippen LogP contribution in [0, 0.1) is 59.2 Å². The van der Waals surface area contributed by atoms with Crippen LogP contribution in [0.15, 0.2) is 49.6 Å². The zero-order chi connectivity index (χ0) is 22.4. The standard InChI is InChI=1S/C24H26O7/c1-3-5-11-13-7-9-15(11)19(17(13)21(25)26)23(29)31-24(30)20-16-10-8-14(12(16)6-4-2)18(20)22(27)28/h3-4,7-20H,1-2,5-6H2,(H,25,26)(H,27,28). The van der Waals surface area contributed by atoms with Crippen molar-refractivity contribution < 1.29 is 34.1 Å². The Labute approximate surface area is 180 Å².